The predicted molar refractivity (Wildman–Crippen MR) is 111 cm³/mol. The van der Waals surface area contributed by atoms with Gasteiger partial charge in [0.1, 0.15) is 6.10 Å². The van der Waals surface area contributed by atoms with E-state index in [0.717, 1.165) is 11.1 Å². The number of carbonyl (C=O) groups is 1. The van der Waals surface area contributed by atoms with Crippen LogP contribution in [0, 0.1) is 0 Å². The Morgan fingerprint density at radius 2 is 1.73 bits per heavy atom. The van der Waals surface area contributed by atoms with Gasteiger partial charge in [0.05, 0.1) is 6.54 Å². The molecule has 1 aliphatic rings. The van der Waals surface area contributed by atoms with Gasteiger partial charge in [-0.3, -0.25) is 4.79 Å². The monoisotopic (exact) mass is 478 g/mol. The molecular weight excluding hydrogens is 460 g/mol. The second-order valence-corrected chi connectivity index (χ2v) is 8.18. The Morgan fingerprint density at radius 3 is 2.35 bits per heavy atom. The SMILES string of the molecule is O=C(NCc1ccccc1)[C@]1(Br)C[C@H](CBr)OC1=NCc1ccccc1. The van der Waals surface area contributed by atoms with Crippen LogP contribution in [0.5, 0.6) is 0 Å². The summed E-state index contributed by atoms with van der Waals surface area (Å²) in [5.74, 6) is 0.313. The fourth-order valence-corrected chi connectivity index (χ4v) is 3.88. The number of hydrogen-bond donors (Lipinski definition) is 1. The Morgan fingerprint density at radius 1 is 1.12 bits per heavy atom. The van der Waals surface area contributed by atoms with Gasteiger partial charge in [-0.15, -0.1) is 0 Å². The van der Waals surface area contributed by atoms with E-state index in [1.54, 1.807) is 0 Å². The highest BCUT2D eigenvalue weighted by Gasteiger charge is 2.50. The second-order valence-electron chi connectivity index (χ2n) is 6.17. The van der Waals surface area contributed by atoms with Crippen LogP contribution in [-0.2, 0) is 22.6 Å². The number of hydrogen-bond acceptors (Lipinski definition) is 3. The van der Waals surface area contributed by atoms with Crippen LogP contribution >= 0.6 is 31.9 Å². The topological polar surface area (TPSA) is 50.7 Å². The molecule has 0 bridgehead atoms. The maximum atomic E-state index is 12.9. The lowest BCUT2D eigenvalue weighted by Crippen LogP contribution is -2.45. The van der Waals surface area contributed by atoms with Crippen LogP contribution in [0.1, 0.15) is 17.5 Å². The highest BCUT2D eigenvalue weighted by atomic mass is 79.9. The fourth-order valence-electron chi connectivity index (χ4n) is 2.80. The Kier molecular flexibility index (Phi) is 6.48. The van der Waals surface area contributed by atoms with Gasteiger partial charge in [-0.25, -0.2) is 4.99 Å². The lowest BCUT2D eigenvalue weighted by molar-refractivity contribution is -0.121. The zero-order chi connectivity index (χ0) is 18.4. The van der Waals surface area contributed by atoms with Crippen molar-refractivity contribution < 1.29 is 9.53 Å². The predicted octanol–water partition coefficient (Wildman–Crippen LogP) is 4.22. The zero-order valence-corrected chi connectivity index (χ0v) is 17.4. The van der Waals surface area contributed by atoms with E-state index in [4.69, 9.17) is 4.74 Å². The Labute approximate surface area is 170 Å². The van der Waals surface area contributed by atoms with E-state index in [0.29, 0.717) is 30.7 Å². The minimum Gasteiger partial charge on any atom is -0.475 e. The lowest BCUT2D eigenvalue weighted by Gasteiger charge is -2.19. The van der Waals surface area contributed by atoms with Crippen molar-refractivity contribution in [3.63, 3.8) is 0 Å². The van der Waals surface area contributed by atoms with Crippen molar-refractivity contribution in [3.05, 3.63) is 71.8 Å². The van der Waals surface area contributed by atoms with Gasteiger partial charge in [0, 0.05) is 18.3 Å². The average molecular weight is 480 g/mol. The Hall–Kier alpha value is -1.66. The van der Waals surface area contributed by atoms with Gasteiger partial charge < -0.3 is 10.1 Å². The summed E-state index contributed by atoms with van der Waals surface area (Å²) in [7, 11) is 0. The standard InChI is InChI=1S/C20H20Br2N2O2/c21-12-17-11-20(22,18(25)23-13-15-7-3-1-4-8-15)19(26-17)24-14-16-9-5-2-6-10-16/h1-10,17H,11-14H2,(H,23,25)/t17-,20-/m1/s1. The summed E-state index contributed by atoms with van der Waals surface area (Å²) in [6.07, 6.45) is 0.443. The molecule has 0 aliphatic carbocycles. The molecule has 0 saturated carbocycles. The van der Waals surface area contributed by atoms with Crippen LogP contribution in [0.4, 0.5) is 0 Å². The molecule has 4 nitrogen and oxygen atoms in total. The van der Waals surface area contributed by atoms with E-state index in [9.17, 15) is 4.79 Å². The smallest absolute Gasteiger partial charge is 0.246 e. The molecule has 2 atom stereocenters. The van der Waals surface area contributed by atoms with Crippen LogP contribution in [0.3, 0.4) is 0 Å². The van der Waals surface area contributed by atoms with E-state index in [1.165, 1.54) is 0 Å². The molecule has 1 fully saturated rings. The number of alkyl halides is 2. The summed E-state index contributed by atoms with van der Waals surface area (Å²) in [5, 5.41) is 3.64. The third kappa shape index (κ3) is 4.54. The van der Waals surface area contributed by atoms with E-state index >= 15 is 0 Å². The molecule has 0 radical (unpaired) electrons. The molecule has 26 heavy (non-hydrogen) atoms. The summed E-state index contributed by atoms with van der Waals surface area (Å²) < 4.78 is 4.98. The quantitative estimate of drug-likeness (QED) is 0.630. The van der Waals surface area contributed by atoms with Gasteiger partial charge in [0.25, 0.3) is 0 Å². The molecule has 2 aromatic rings. The van der Waals surface area contributed by atoms with Crippen molar-refractivity contribution in [1.82, 2.24) is 5.32 Å². The van der Waals surface area contributed by atoms with Crippen molar-refractivity contribution in [2.45, 2.75) is 29.9 Å². The van der Waals surface area contributed by atoms with Crippen molar-refractivity contribution in [3.8, 4) is 0 Å². The van der Waals surface area contributed by atoms with Gasteiger partial charge in [-0.1, -0.05) is 92.5 Å². The largest absolute Gasteiger partial charge is 0.475 e. The number of amides is 1. The van der Waals surface area contributed by atoms with Crippen LogP contribution < -0.4 is 5.32 Å². The first-order valence-electron chi connectivity index (χ1n) is 8.44. The molecule has 3 rings (SSSR count). The molecule has 1 aliphatic heterocycles. The number of nitrogens with one attached hydrogen (secondary N) is 1. The van der Waals surface area contributed by atoms with Gasteiger partial charge in [0.2, 0.25) is 11.8 Å². The number of benzene rings is 2. The third-order valence-corrected chi connectivity index (χ3v) is 5.95. The molecule has 136 valence electrons. The van der Waals surface area contributed by atoms with Crippen LogP contribution in [0.25, 0.3) is 0 Å². The molecule has 2 aromatic carbocycles. The lowest BCUT2D eigenvalue weighted by atomic mass is 10.0. The maximum Gasteiger partial charge on any atom is 0.246 e. The summed E-state index contributed by atoms with van der Waals surface area (Å²) in [5.41, 5.74) is 2.13. The average Bonchev–Trinajstić information content (AvgIpc) is 3.03. The molecule has 6 heteroatoms. The van der Waals surface area contributed by atoms with Crippen LogP contribution in [-0.4, -0.2) is 27.6 Å². The van der Waals surface area contributed by atoms with Crippen molar-refractivity contribution >= 4 is 43.7 Å². The molecule has 0 aromatic heterocycles. The molecule has 1 saturated heterocycles. The minimum absolute atomic E-state index is 0.0913. The first-order chi connectivity index (χ1) is 12.6. The second kappa shape index (κ2) is 8.82. The highest BCUT2D eigenvalue weighted by Crippen LogP contribution is 2.36. The van der Waals surface area contributed by atoms with E-state index in [1.807, 2.05) is 60.7 Å². The van der Waals surface area contributed by atoms with E-state index in [-0.39, 0.29) is 12.0 Å². The Bertz CT molecular complexity index is 768. The summed E-state index contributed by atoms with van der Waals surface area (Å²) in [4.78, 5) is 17.5. The molecular formula is C20H20Br2N2O2. The van der Waals surface area contributed by atoms with Crippen molar-refractivity contribution in [1.29, 1.82) is 0 Å². The first-order valence-corrected chi connectivity index (χ1v) is 10.4. The Balaban J connectivity index is 1.73. The molecule has 0 unspecified atom stereocenters. The van der Waals surface area contributed by atoms with Gasteiger partial charge in [-0.2, -0.15) is 0 Å². The zero-order valence-electron chi connectivity index (χ0n) is 14.2. The van der Waals surface area contributed by atoms with Crippen molar-refractivity contribution in [2.24, 2.45) is 4.99 Å². The summed E-state index contributed by atoms with van der Waals surface area (Å²) in [6, 6.07) is 19.8. The number of rotatable bonds is 6. The molecule has 1 heterocycles. The number of aliphatic imine (C=N–C) groups is 1. The number of nitrogens with zero attached hydrogens (tertiary/aromatic N) is 1. The normalized spacial score (nSPS) is 23.6. The van der Waals surface area contributed by atoms with Gasteiger partial charge in [-0.05, 0) is 11.1 Å². The molecule has 0 spiro atoms. The maximum absolute atomic E-state index is 12.9. The molecule has 1 N–H and O–H groups in total. The van der Waals surface area contributed by atoms with Gasteiger partial charge >= 0.3 is 0 Å². The van der Waals surface area contributed by atoms with E-state index < -0.39 is 4.32 Å². The first kappa shape index (κ1) is 19.1. The van der Waals surface area contributed by atoms with Crippen LogP contribution in [0.2, 0.25) is 0 Å². The summed E-state index contributed by atoms with van der Waals surface area (Å²) >= 11 is 7.06. The fraction of sp³-hybridized carbons (Fsp3) is 0.300. The number of halogens is 2. The molecule has 1 amide bonds. The highest BCUT2D eigenvalue weighted by molar-refractivity contribution is 9.10. The summed E-state index contributed by atoms with van der Waals surface area (Å²) in [6.45, 7) is 0.947. The van der Waals surface area contributed by atoms with E-state index in [2.05, 4.69) is 42.2 Å². The van der Waals surface area contributed by atoms with Gasteiger partial charge in [0.15, 0.2) is 4.32 Å². The number of carbonyl (C=O) groups excluding carboxylic acids is 1. The number of ether oxygens (including phenoxy) is 1. The van der Waals surface area contributed by atoms with Crippen molar-refractivity contribution in [2.75, 3.05) is 5.33 Å². The van der Waals surface area contributed by atoms with Crippen LogP contribution in [0.15, 0.2) is 65.7 Å². The third-order valence-electron chi connectivity index (χ3n) is 4.20. The minimum atomic E-state index is -0.936.